The lowest BCUT2D eigenvalue weighted by molar-refractivity contribution is -0.141. The molecule has 140 heavy (non-hydrogen) atoms. The van der Waals surface area contributed by atoms with E-state index in [1.54, 1.807) is 0 Å². The first-order valence-corrected chi connectivity index (χ1v) is 62.8. The number of amides is 8. The van der Waals surface area contributed by atoms with Crippen molar-refractivity contribution in [1.29, 1.82) is 0 Å². The summed E-state index contributed by atoms with van der Waals surface area (Å²) >= 11 is 0. The topological polar surface area (TPSA) is 233 Å². The molecule has 16 nitrogen and oxygen atoms in total. The highest BCUT2D eigenvalue weighted by Crippen LogP contribution is 2.40. The predicted molar refractivity (Wildman–Crippen MR) is 589 cm³/mol. The molecule has 0 saturated heterocycles. The SMILES string of the molecule is CCCCCCCC1CCC(NC(=O)CC(C(=O)NC2CCC(CCCCCCC)CC2)C(CC(=O)NC2CCC(CCCCCCC)CC2)C(=O)NC2CCC(CCCCCCC)CC2)CC1.CCCCCCCCC1CCC(NC(=O)CC(C(=O)NC2CCC(CCCCCCCC)CC2)C(CC(=O)NC2CCC(CCCCCCCC)CC2)C(=O)NC2CCC(CCCCCCCC)CC2)CC1. The Hall–Kier alpha value is -4.24. The highest BCUT2D eigenvalue weighted by molar-refractivity contribution is 5.95. The van der Waals surface area contributed by atoms with Crippen LogP contribution in [0, 0.1) is 71.0 Å². The van der Waals surface area contributed by atoms with Gasteiger partial charge in [-0.25, -0.2) is 0 Å². The maximum atomic E-state index is 14.9. The van der Waals surface area contributed by atoms with E-state index in [0.29, 0.717) is 23.7 Å². The fraction of sp³-hybridized carbons (Fsp3) is 0.935. The molecule has 812 valence electrons. The molecule has 8 saturated carbocycles. The van der Waals surface area contributed by atoms with Crippen LogP contribution in [0.25, 0.3) is 0 Å². The summed E-state index contributed by atoms with van der Waals surface area (Å²) in [4.78, 5) is 116. The first-order chi connectivity index (χ1) is 68.4. The number of hydrogen-bond donors (Lipinski definition) is 8. The number of rotatable bonds is 74. The summed E-state index contributed by atoms with van der Waals surface area (Å²) in [5.41, 5.74) is 0. The van der Waals surface area contributed by atoms with Crippen LogP contribution < -0.4 is 42.5 Å². The Morgan fingerprint density at radius 1 is 0.150 bits per heavy atom. The smallest absolute Gasteiger partial charge is 0.224 e. The molecule has 8 aliphatic rings. The van der Waals surface area contributed by atoms with Gasteiger partial charge in [0.2, 0.25) is 47.3 Å². The van der Waals surface area contributed by atoms with Gasteiger partial charge >= 0.3 is 0 Å². The highest BCUT2D eigenvalue weighted by Gasteiger charge is 2.44. The van der Waals surface area contributed by atoms with Crippen molar-refractivity contribution in [1.82, 2.24) is 42.5 Å². The van der Waals surface area contributed by atoms with Gasteiger partial charge in [0.15, 0.2) is 0 Å². The van der Waals surface area contributed by atoms with E-state index < -0.39 is 23.7 Å². The minimum atomic E-state index is -0.905. The summed E-state index contributed by atoms with van der Waals surface area (Å²) in [6.07, 6.45) is 101. The van der Waals surface area contributed by atoms with Gasteiger partial charge in [-0.05, 0) is 253 Å². The lowest BCUT2D eigenvalue weighted by Gasteiger charge is -2.34. The minimum absolute atomic E-state index is 0.0387. The third-order valence-electron chi connectivity index (χ3n) is 36.3. The Balaban J connectivity index is 0.000000381. The lowest BCUT2D eigenvalue weighted by Crippen LogP contribution is -2.51. The monoisotopic (exact) mass is 1960 g/mol. The average molecular weight is 1960 g/mol. The first kappa shape index (κ1) is 123. The third-order valence-corrected chi connectivity index (χ3v) is 36.3. The summed E-state index contributed by atoms with van der Waals surface area (Å²) in [7, 11) is 0. The Morgan fingerprint density at radius 3 is 0.379 bits per heavy atom. The number of carbonyl (C=O) groups is 8. The van der Waals surface area contributed by atoms with Gasteiger partial charge in [0.05, 0.1) is 23.7 Å². The van der Waals surface area contributed by atoms with Crippen LogP contribution in [0.5, 0.6) is 0 Å². The lowest BCUT2D eigenvalue weighted by atomic mass is 9.80. The Kier molecular flexibility index (Phi) is 68.4. The van der Waals surface area contributed by atoms with Gasteiger partial charge in [-0.1, -0.05) is 389 Å². The predicted octanol–water partition coefficient (Wildman–Crippen LogP) is 31.8. The van der Waals surface area contributed by atoms with E-state index in [2.05, 4.69) is 97.9 Å². The van der Waals surface area contributed by atoms with Gasteiger partial charge in [0.25, 0.3) is 0 Å². The largest absolute Gasteiger partial charge is 0.353 e. The van der Waals surface area contributed by atoms with E-state index in [-0.39, 0.29) is 121 Å². The van der Waals surface area contributed by atoms with Gasteiger partial charge < -0.3 is 42.5 Å². The fourth-order valence-electron chi connectivity index (χ4n) is 26.6. The normalized spacial score (nSPS) is 25.9. The Bertz CT molecular complexity index is 2920. The van der Waals surface area contributed by atoms with Crippen molar-refractivity contribution in [3.05, 3.63) is 0 Å². The second kappa shape index (κ2) is 78.1. The molecule has 4 unspecified atom stereocenters. The molecule has 16 heteroatoms. The molecule has 0 aromatic carbocycles. The molecule has 0 aromatic rings. The second-order valence-electron chi connectivity index (χ2n) is 48.3. The van der Waals surface area contributed by atoms with E-state index in [0.717, 1.165) is 229 Å². The molecule has 8 amide bonds. The number of unbranched alkanes of at least 4 members (excludes halogenated alkanes) is 36. The molecule has 8 rings (SSSR count). The van der Waals surface area contributed by atoms with Crippen molar-refractivity contribution in [3.8, 4) is 0 Å². The summed E-state index contributed by atoms with van der Waals surface area (Å²) in [6.45, 7) is 18.2. The third kappa shape index (κ3) is 54.6. The molecule has 8 aliphatic carbocycles. The van der Waals surface area contributed by atoms with E-state index in [1.807, 2.05) is 0 Å². The second-order valence-corrected chi connectivity index (χ2v) is 48.3. The first-order valence-electron chi connectivity index (χ1n) is 62.8. The molecule has 0 bridgehead atoms. The van der Waals surface area contributed by atoms with Crippen molar-refractivity contribution >= 4 is 47.3 Å². The summed E-state index contributed by atoms with van der Waals surface area (Å²) in [5, 5.41) is 27.1. The molecule has 0 aliphatic heterocycles. The van der Waals surface area contributed by atoms with E-state index in [1.165, 1.54) is 334 Å². The van der Waals surface area contributed by atoms with Crippen LogP contribution in [0.2, 0.25) is 0 Å². The maximum Gasteiger partial charge on any atom is 0.224 e. The zero-order valence-electron chi connectivity index (χ0n) is 93.0. The molecule has 4 atom stereocenters. The quantitative estimate of drug-likeness (QED) is 0.0272. The van der Waals surface area contributed by atoms with Crippen LogP contribution in [0.15, 0.2) is 0 Å². The van der Waals surface area contributed by atoms with Gasteiger partial charge in [-0.2, -0.15) is 0 Å². The van der Waals surface area contributed by atoms with Crippen LogP contribution in [0.1, 0.15) is 620 Å². The fourth-order valence-corrected chi connectivity index (χ4v) is 26.6. The van der Waals surface area contributed by atoms with E-state index in [4.69, 9.17) is 0 Å². The summed E-state index contributed by atoms with van der Waals surface area (Å²) in [6, 6.07) is 0.557. The van der Waals surface area contributed by atoms with Gasteiger partial charge in [0, 0.05) is 74.0 Å². The maximum absolute atomic E-state index is 14.9. The zero-order chi connectivity index (χ0) is 100. The van der Waals surface area contributed by atoms with Crippen molar-refractivity contribution < 1.29 is 38.4 Å². The van der Waals surface area contributed by atoms with Crippen LogP contribution in [0.3, 0.4) is 0 Å². The Morgan fingerprint density at radius 2 is 0.257 bits per heavy atom. The molecule has 0 heterocycles. The van der Waals surface area contributed by atoms with Gasteiger partial charge in [-0.3, -0.25) is 38.4 Å². The molecular formula is C124H228N8O8. The van der Waals surface area contributed by atoms with Crippen molar-refractivity contribution in [2.24, 2.45) is 71.0 Å². The van der Waals surface area contributed by atoms with Gasteiger partial charge in [0.1, 0.15) is 0 Å². The molecule has 0 aromatic heterocycles. The molecule has 0 radical (unpaired) electrons. The number of nitrogens with one attached hydrogen (secondary N) is 8. The molecule has 8 fully saturated rings. The number of carbonyl (C=O) groups excluding carboxylic acids is 8. The van der Waals surface area contributed by atoms with E-state index in [9.17, 15) is 38.4 Å². The van der Waals surface area contributed by atoms with E-state index >= 15 is 0 Å². The summed E-state index contributed by atoms with van der Waals surface area (Å²) in [5.74, 6) is 0.723. The van der Waals surface area contributed by atoms with Crippen LogP contribution in [-0.2, 0) is 38.4 Å². The Labute approximate surface area is 862 Å². The van der Waals surface area contributed by atoms with Crippen LogP contribution in [0.4, 0.5) is 0 Å². The van der Waals surface area contributed by atoms with Crippen molar-refractivity contribution in [3.63, 3.8) is 0 Å². The van der Waals surface area contributed by atoms with Crippen LogP contribution in [-0.4, -0.2) is 95.6 Å². The molecule has 8 N–H and O–H groups in total. The average Bonchev–Trinajstić information content (AvgIpc) is 0.825. The summed E-state index contributed by atoms with van der Waals surface area (Å²) < 4.78 is 0. The number of hydrogen-bond acceptors (Lipinski definition) is 8. The molecule has 0 spiro atoms. The minimum Gasteiger partial charge on any atom is -0.353 e. The highest BCUT2D eigenvalue weighted by atomic mass is 16.2. The van der Waals surface area contributed by atoms with Crippen molar-refractivity contribution in [2.75, 3.05) is 0 Å². The molecular weight excluding hydrogens is 1730 g/mol. The zero-order valence-corrected chi connectivity index (χ0v) is 93.0. The van der Waals surface area contributed by atoms with Gasteiger partial charge in [-0.15, -0.1) is 0 Å². The standard InChI is InChI=1S/C64H118N4O4.C60H110N4O4/c1-5-9-13-17-21-25-29-51-33-41-55(42-34-51)65-61(69)49-59(63(71)67-57-45-37-53(38-46-57)31-27-23-19-15-11-7-3)60(64(72)68-58-47-39-54(40-48-58)32-28-24-20-16-12-8-4)50-62(70)66-56-43-35-52(36-44-56)30-26-22-18-14-10-6-2;1-5-9-13-17-21-25-47-29-37-51(38-30-47)61-57(65)45-55(59(67)63-53-41-33-49(34-42-53)27-23-19-15-11-7-3)56(60(68)64-54-43-35-50(36-44-54)28-24-20-16-12-8-4)46-58(66)62-52-39-31-48(32-40-52)26-22-18-14-10-6-2/h51-60H,5-50H2,1-4H3,(H,65,69)(H,66,70)(H,67,71)(H,68,72);47-56H,5-46H2,1-4H3,(H,61,65)(H,62,66)(H,63,67)(H,64,68). The van der Waals surface area contributed by atoms with Crippen molar-refractivity contribution in [2.45, 2.75) is 669 Å². The van der Waals surface area contributed by atoms with Crippen LogP contribution >= 0.6 is 0 Å².